The molecule has 0 saturated carbocycles. The molecule has 0 bridgehead atoms. The number of nitrogens with zero attached hydrogens (tertiary/aromatic N) is 3. The summed E-state index contributed by atoms with van der Waals surface area (Å²) in [4.78, 5) is 38.9. The second-order valence-corrected chi connectivity index (χ2v) is 8.02. The van der Waals surface area contributed by atoms with Crippen molar-refractivity contribution in [2.75, 3.05) is 32.8 Å². The van der Waals surface area contributed by atoms with E-state index in [0.717, 1.165) is 40.6 Å². The van der Waals surface area contributed by atoms with Crippen molar-refractivity contribution < 1.29 is 9.53 Å². The largest absolute Gasteiger partial charge is 0.379 e. The Morgan fingerprint density at radius 1 is 1.22 bits per heavy atom. The number of allylic oxidation sites excluding steroid dienone is 1. The van der Waals surface area contributed by atoms with Crippen molar-refractivity contribution in [2.24, 2.45) is 0 Å². The third-order valence-electron chi connectivity index (χ3n) is 5.98. The van der Waals surface area contributed by atoms with E-state index in [1.807, 2.05) is 24.4 Å². The van der Waals surface area contributed by atoms with Crippen LogP contribution in [0.2, 0.25) is 0 Å². The number of fused-ring (bicyclic) bond motifs is 2. The summed E-state index contributed by atoms with van der Waals surface area (Å²) < 4.78 is 7.08. The van der Waals surface area contributed by atoms with Gasteiger partial charge in [-0.25, -0.2) is 4.98 Å². The molecule has 0 radical (unpaired) electrons. The zero-order valence-corrected chi connectivity index (χ0v) is 17.8. The van der Waals surface area contributed by atoms with Gasteiger partial charge in [0.25, 0.3) is 5.56 Å². The van der Waals surface area contributed by atoms with Gasteiger partial charge in [0.2, 0.25) is 0 Å². The number of pyridine rings is 1. The van der Waals surface area contributed by atoms with Crippen LogP contribution in [0.1, 0.15) is 16.8 Å². The monoisotopic (exact) mass is 431 g/mol. The highest BCUT2D eigenvalue weighted by atomic mass is 16.5. The van der Waals surface area contributed by atoms with Crippen LogP contribution in [0.3, 0.4) is 0 Å². The van der Waals surface area contributed by atoms with Gasteiger partial charge in [0, 0.05) is 54.1 Å². The second-order valence-electron chi connectivity index (χ2n) is 8.02. The van der Waals surface area contributed by atoms with Gasteiger partial charge in [-0.2, -0.15) is 0 Å². The first kappa shape index (κ1) is 20.4. The minimum absolute atomic E-state index is 0.0509. The molecule has 32 heavy (non-hydrogen) atoms. The number of nitrogens with one attached hydrogen (secondary N) is 2. The number of aromatic nitrogens is 4. The fourth-order valence-electron chi connectivity index (χ4n) is 4.28. The predicted molar refractivity (Wildman–Crippen MR) is 124 cm³/mol. The lowest BCUT2D eigenvalue weighted by molar-refractivity contribution is 0.0371. The molecule has 2 N–H and O–H groups in total. The molecule has 1 fully saturated rings. The number of imidazole rings is 1. The fourth-order valence-corrected chi connectivity index (χ4v) is 4.28. The summed E-state index contributed by atoms with van der Waals surface area (Å²) in [7, 11) is 0. The van der Waals surface area contributed by atoms with E-state index in [2.05, 4.69) is 26.4 Å². The Balaban J connectivity index is 1.63. The average molecular weight is 431 g/mol. The van der Waals surface area contributed by atoms with Gasteiger partial charge < -0.3 is 19.3 Å². The number of carbonyl (C=O) groups excluding carboxylic acids is 1. The molecule has 1 aliphatic rings. The van der Waals surface area contributed by atoms with Gasteiger partial charge in [-0.05, 0) is 24.6 Å². The van der Waals surface area contributed by atoms with Crippen LogP contribution in [0.15, 0.2) is 54.4 Å². The topological polar surface area (TPSA) is 96.0 Å². The molecular formula is C24H25N5O3. The molecule has 1 aliphatic heterocycles. The zero-order chi connectivity index (χ0) is 22.1. The van der Waals surface area contributed by atoms with E-state index in [0.29, 0.717) is 43.8 Å². The Hall–Kier alpha value is -3.49. The summed E-state index contributed by atoms with van der Waals surface area (Å²) in [6, 6.07) is 5.65. The van der Waals surface area contributed by atoms with E-state index in [1.54, 1.807) is 23.2 Å². The molecule has 5 rings (SSSR count). The lowest BCUT2D eigenvalue weighted by atomic mass is 9.98. The number of aromatic amines is 2. The summed E-state index contributed by atoms with van der Waals surface area (Å²) in [5, 5.41) is 0.812. The average Bonchev–Trinajstić information content (AvgIpc) is 3.49. The molecule has 0 spiro atoms. The quantitative estimate of drug-likeness (QED) is 0.346. The molecule has 0 unspecified atom stereocenters. The molecule has 0 atom stereocenters. The first-order valence-corrected chi connectivity index (χ1v) is 10.8. The molecule has 8 nitrogen and oxygen atoms in total. The number of carbonyl (C=O) groups is 1. The number of hydrogen-bond donors (Lipinski definition) is 2. The number of ketones is 1. The van der Waals surface area contributed by atoms with E-state index in [1.165, 1.54) is 0 Å². The van der Waals surface area contributed by atoms with Crippen molar-refractivity contribution >= 4 is 27.7 Å². The SMILES string of the molecule is C=CCCn1cc(-c2cc(C(=O)CN3CCOCC3)cc3[nH]cnc23)c2cc[nH]c2c1=O. The predicted octanol–water partition coefficient (Wildman–Crippen LogP) is 2.96. The fraction of sp³-hybridized carbons (Fsp3) is 0.292. The summed E-state index contributed by atoms with van der Waals surface area (Å²) >= 11 is 0. The number of ether oxygens (including phenoxy) is 1. The van der Waals surface area contributed by atoms with Crippen molar-refractivity contribution in [1.29, 1.82) is 0 Å². The Morgan fingerprint density at radius 2 is 2.06 bits per heavy atom. The van der Waals surface area contributed by atoms with E-state index < -0.39 is 0 Å². The minimum atomic E-state index is -0.0755. The molecule has 1 aromatic carbocycles. The standard InChI is InChI=1S/C24H25N5O3/c1-2-3-6-29-13-19(17-4-5-25-23(17)24(29)31)18-11-16(12-20-22(18)27-15-26-20)21(30)14-28-7-9-32-10-8-28/h2,4-5,11-13,15,25H,1,3,6-10,14H2,(H,26,27). The lowest BCUT2D eigenvalue weighted by Gasteiger charge is -2.25. The number of rotatable bonds is 7. The molecule has 4 heterocycles. The van der Waals surface area contributed by atoms with Gasteiger partial charge in [0.15, 0.2) is 5.78 Å². The smallest absolute Gasteiger partial charge is 0.274 e. The number of benzene rings is 1. The van der Waals surface area contributed by atoms with E-state index in [-0.39, 0.29) is 11.3 Å². The summed E-state index contributed by atoms with van der Waals surface area (Å²) in [5.41, 5.74) is 4.34. The normalized spacial score (nSPS) is 14.9. The van der Waals surface area contributed by atoms with Crippen molar-refractivity contribution in [1.82, 2.24) is 24.4 Å². The first-order chi connectivity index (χ1) is 15.7. The van der Waals surface area contributed by atoms with Crippen molar-refractivity contribution in [3.63, 3.8) is 0 Å². The second kappa shape index (κ2) is 8.57. The van der Waals surface area contributed by atoms with Gasteiger partial charge in [0.05, 0.1) is 37.1 Å². The maximum Gasteiger partial charge on any atom is 0.274 e. The van der Waals surface area contributed by atoms with E-state index in [4.69, 9.17) is 4.74 Å². The highest BCUT2D eigenvalue weighted by molar-refractivity contribution is 6.07. The molecule has 3 aromatic heterocycles. The third kappa shape index (κ3) is 3.68. The molecule has 1 saturated heterocycles. The number of morpholine rings is 1. The molecule has 164 valence electrons. The molecule has 0 amide bonds. The maximum absolute atomic E-state index is 13.1. The summed E-state index contributed by atoms with van der Waals surface area (Å²) in [6.45, 7) is 7.45. The maximum atomic E-state index is 13.1. The highest BCUT2D eigenvalue weighted by Gasteiger charge is 2.20. The summed E-state index contributed by atoms with van der Waals surface area (Å²) in [5.74, 6) is 0.0509. The lowest BCUT2D eigenvalue weighted by Crippen LogP contribution is -2.39. The zero-order valence-electron chi connectivity index (χ0n) is 17.8. The number of Topliss-reactive ketones (excluding diaryl/α,β-unsaturated/α-hetero) is 1. The van der Waals surface area contributed by atoms with Crippen LogP contribution in [0.4, 0.5) is 0 Å². The molecule has 0 aliphatic carbocycles. The van der Waals surface area contributed by atoms with Crippen LogP contribution in [-0.2, 0) is 11.3 Å². The van der Waals surface area contributed by atoms with Crippen LogP contribution in [0.25, 0.3) is 33.1 Å². The van der Waals surface area contributed by atoms with Crippen LogP contribution in [-0.4, -0.2) is 63.1 Å². The van der Waals surface area contributed by atoms with Crippen molar-refractivity contribution in [3.8, 4) is 11.1 Å². The van der Waals surface area contributed by atoms with Gasteiger partial charge >= 0.3 is 0 Å². The number of hydrogen-bond acceptors (Lipinski definition) is 5. The Kier molecular flexibility index (Phi) is 5.46. The first-order valence-electron chi connectivity index (χ1n) is 10.8. The van der Waals surface area contributed by atoms with Gasteiger partial charge in [-0.15, -0.1) is 6.58 Å². The van der Waals surface area contributed by atoms with Crippen LogP contribution < -0.4 is 5.56 Å². The minimum Gasteiger partial charge on any atom is -0.379 e. The Bertz CT molecular complexity index is 1360. The van der Waals surface area contributed by atoms with Crippen LogP contribution >= 0.6 is 0 Å². The van der Waals surface area contributed by atoms with Crippen molar-refractivity contribution in [2.45, 2.75) is 13.0 Å². The van der Waals surface area contributed by atoms with Crippen molar-refractivity contribution in [3.05, 3.63) is 65.5 Å². The van der Waals surface area contributed by atoms with Crippen LogP contribution in [0.5, 0.6) is 0 Å². The number of H-pyrrole nitrogens is 2. The molecular weight excluding hydrogens is 406 g/mol. The summed E-state index contributed by atoms with van der Waals surface area (Å²) in [6.07, 6.45) is 7.74. The van der Waals surface area contributed by atoms with Crippen LogP contribution in [0, 0.1) is 0 Å². The van der Waals surface area contributed by atoms with E-state index >= 15 is 0 Å². The highest BCUT2D eigenvalue weighted by Crippen LogP contribution is 2.32. The van der Waals surface area contributed by atoms with Gasteiger partial charge in [0.1, 0.15) is 5.52 Å². The third-order valence-corrected chi connectivity index (χ3v) is 5.98. The Morgan fingerprint density at radius 3 is 2.88 bits per heavy atom. The Labute approximate surface area is 184 Å². The van der Waals surface area contributed by atoms with E-state index in [9.17, 15) is 9.59 Å². The molecule has 8 heteroatoms. The van der Waals surface area contributed by atoms with Gasteiger partial charge in [-0.3, -0.25) is 14.5 Å². The molecule has 4 aromatic rings. The van der Waals surface area contributed by atoms with Gasteiger partial charge in [-0.1, -0.05) is 6.08 Å². The number of aryl methyl sites for hydroxylation is 1.